The summed E-state index contributed by atoms with van der Waals surface area (Å²) in [5.41, 5.74) is 6.14. The van der Waals surface area contributed by atoms with Gasteiger partial charge in [0.15, 0.2) is 0 Å². The molecule has 2 amide bonds. The first-order valence-corrected chi connectivity index (χ1v) is 12.7. The fourth-order valence-electron chi connectivity index (χ4n) is 5.49. The van der Waals surface area contributed by atoms with Gasteiger partial charge in [-0.3, -0.25) is 5.10 Å². The number of hydrogen-bond donors (Lipinski definition) is 1. The van der Waals surface area contributed by atoms with Crippen molar-refractivity contribution in [2.24, 2.45) is 0 Å². The van der Waals surface area contributed by atoms with Crippen LogP contribution in [-0.4, -0.2) is 90.5 Å². The van der Waals surface area contributed by atoms with Crippen molar-refractivity contribution in [3.05, 3.63) is 58.9 Å². The van der Waals surface area contributed by atoms with Crippen LogP contribution >= 0.6 is 0 Å². The predicted molar refractivity (Wildman–Crippen MR) is 134 cm³/mol. The third kappa shape index (κ3) is 5.05. The van der Waals surface area contributed by atoms with E-state index in [2.05, 4.69) is 70.4 Å². The number of hydrogen-bond acceptors (Lipinski definition) is 4. The lowest BCUT2D eigenvalue weighted by Crippen LogP contribution is -2.52. The van der Waals surface area contributed by atoms with Gasteiger partial charge in [-0.05, 0) is 49.1 Å². The molecule has 0 radical (unpaired) electrons. The summed E-state index contributed by atoms with van der Waals surface area (Å²) < 4.78 is 5.47. The number of urea groups is 1. The maximum absolute atomic E-state index is 13.5. The van der Waals surface area contributed by atoms with Crippen molar-refractivity contribution >= 4 is 11.6 Å². The highest BCUT2D eigenvalue weighted by Crippen LogP contribution is 2.36. The third-order valence-electron chi connectivity index (χ3n) is 7.57. The van der Waals surface area contributed by atoms with Gasteiger partial charge in [-0.25, -0.2) is 4.79 Å². The minimum atomic E-state index is 0.138. The van der Waals surface area contributed by atoms with Crippen LogP contribution in [0.5, 0.6) is 0 Å². The average molecular weight is 464 g/mol. The van der Waals surface area contributed by atoms with Gasteiger partial charge in [-0.2, -0.15) is 5.10 Å². The number of benzene rings is 1. The number of H-pyrrole nitrogens is 1. The molecule has 0 aliphatic carbocycles. The summed E-state index contributed by atoms with van der Waals surface area (Å²) in [5, 5.41) is 8.02. The van der Waals surface area contributed by atoms with E-state index in [1.165, 1.54) is 16.7 Å². The summed E-state index contributed by atoms with van der Waals surface area (Å²) >= 11 is 0. The van der Waals surface area contributed by atoms with Crippen LogP contribution in [0.2, 0.25) is 0 Å². The molecule has 7 nitrogen and oxygen atoms in total. The second-order valence-corrected chi connectivity index (χ2v) is 9.98. The standard InChI is InChI=1S/C27H37N5O2/c1-3-20-6-8-21(9-7-20)23-15-24(19-32(18-23)27(33)31-11-13-34-14-12-31)26-16-25(28-29-26)22-5-4-10-30(2)17-22/h5-9,16,23-24H,3-4,10-15,17-19H2,1-2H3,(H,28,29). The summed E-state index contributed by atoms with van der Waals surface area (Å²) in [6.45, 7) is 8.29. The molecule has 0 spiro atoms. The van der Waals surface area contributed by atoms with Gasteiger partial charge in [0.05, 0.1) is 18.9 Å². The Kier molecular flexibility index (Phi) is 7.02. The zero-order valence-corrected chi connectivity index (χ0v) is 20.5. The lowest BCUT2D eigenvalue weighted by Gasteiger charge is -2.41. The van der Waals surface area contributed by atoms with Gasteiger partial charge in [0.2, 0.25) is 0 Å². The summed E-state index contributed by atoms with van der Waals surface area (Å²) in [6, 6.07) is 11.3. The first-order chi connectivity index (χ1) is 16.6. The summed E-state index contributed by atoms with van der Waals surface area (Å²) in [5.74, 6) is 0.541. The normalized spacial score (nSPS) is 24.2. The van der Waals surface area contributed by atoms with E-state index in [-0.39, 0.29) is 11.9 Å². The average Bonchev–Trinajstić information content (AvgIpc) is 3.39. The Morgan fingerprint density at radius 1 is 1.09 bits per heavy atom. The van der Waals surface area contributed by atoms with Crippen LogP contribution in [0.1, 0.15) is 54.1 Å². The van der Waals surface area contributed by atoms with E-state index in [4.69, 9.17) is 4.74 Å². The van der Waals surface area contributed by atoms with Gasteiger partial charge in [0.1, 0.15) is 0 Å². The molecule has 2 aromatic rings. The predicted octanol–water partition coefficient (Wildman–Crippen LogP) is 3.72. The Morgan fingerprint density at radius 2 is 1.85 bits per heavy atom. The monoisotopic (exact) mass is 463 g/mol. The second kappa shape index (κ2) is 10.3. The maximum atomic E-state index is 13.5. The van der Waals surface area contributed by atoms with Crippen LogP contribution in [-0.2, 0) is 11.2 Å². The molecule has 4 heterocycles. The zero-order valence-electron chi connectivity index (χ0n) is 20.5. The molecule has 2 unspecified atom stereocenters. The quantitative estimate of drug-likeness (QED) is 0.751. The number of ether oxygens (including phenoxy) is 1. The molecular formula is C27H37N5O2. The largest absolute Gasteiger partial charge is 0.378 e. The smallest absolute Gasteiger partial charge is 0.320 e. The molecule has 0 bridgehead atoms. The lowest BCUT2D eigenvalue weighted by molar-refractivity contribution is 0.0398. The molecule has 0 saturated carbocycles. The number of morpholine rings is 1. The molecule has 2 atom stereocenters. The van der Waals surface area contributed by atoms with Crippen molar-refractivity contribution in [3.63, 3.8) is 0 Å². The van der Waals surface area contributed by atoms with Gasteiger partial charge < -0.3 is 19.4 Å². The molecule has 2 fully saturated rings. The van der Waals surface area contributed by atoms with E-state index in [1.807, 2.05) is 4.90 Å². The van der Waals surface area contributed by atoms with Gasteiger partial charge in [0.25, 0.3) is 0 Å². The van der Waals surface area contributed by atoms with Gasteiger partial charge in [-0.1, -0.05) is 37.3 Å². The van der Waals surface area contributed by atoms with E-state index < -0.39 is 0 Å². The topological polar surface area (TPSA) is 64.7 Å². The molecule has 1 N–H and O–H groups in total. The van der Waals surface area contributed by atoms with Gasteiger partial charge in [-0.15, -0.1) is 0 Å². The number of piperidine rings is 1. The van der Waals surface area contributed by atoms with E-state index in [0.29, 0.717) is 32.2 Å². The number of carbonyl (C=O) groups is 1. The maximum Gasteiger partial charge on any atom is 0.320 e. The van der Waals surface area contributed by atoms with Crippen LogP contribution < -0.4 is 0 Å². The highest BCUT2D eigenvalue weighted by Gasteiger charge is 2.35. The Balaban J connectivity index is 1.39. The van der Waals surface area contributed by atoms with Crippen LogP contribution in [0.4, 0.5) is 4.79 Å². The van der Waals surface area contributed by atoms with Gasteiger partial charge in [0, 0.05) is 56.8 Å². The van der Waals surface area contributed by atoms with Crippen LogP contribution in [0, 0.1) is 0 Å². The van der Waals surface area contributed by atoms with Crippen LogP contribution in [0.15, 0.2) is 36.4 Å². The molecule has 34 heavy (non-hydrogen) atoms. The van der Waals surface area contributed by atoms with Crippen molar-refractivity contribution < 1.29 is 9.53 Å². The number of likely N-dealkylation sites (N-methyl/N-ethyl adjacent to an activating group) is 1. The van der Waals surface area contributed by atoms with E-state index in [0.717, 1.165) is 56.8 Å². The number of aromatic amines is 1. The van der Waals surface area contributed by atoms with E-state index in [1.54, 1.807) is 0 Å². The van der Waals surface area contributed by atoms with Crippen molar-refractivity contribution in [1.29, 1.82) is 0 Å². The molecule has 5 rings (SSSR count). The first-order valence-electron chi connectivity index (χ1n) is 12.7. The molecule has 1 aromatic carbocycles. The van der Waals surface area contributed by atoms with Crippen LogP contribution in [0.3, 0.4) is 0 Å². The minimum absolute atomic E-state index is 0.138. The SMILES string of the molecule is CCc1ccc(C2CC(c3cc(C4=CCCN(C)C4)n[nH]3)CN(C(=O)N3CCOCC3)C2)cc1. The van der Waals surface area contributed by atoms with Crippen molar-refractivity contribution in [1.82, 2.24) is 24.9 Å². The van der Waals surface area contributed by atoms with Crippen molar-refractivity contribution in [3.8, 4) is 0 Å². The molecule has 182 valence electrons. The van der Waals surface area contributed by atoms with Crippen molar-refractivity contribution in [2.45, 2.75) is 38.0 Å². The number of aromatic nitrogens is 2. The Labute approximate surface area is 202 Å². The third-order valence-corrected chi connectivity index (χ3v) is 7.57. The number of rotatable bonds is 4. The van der Waals surface area contributed by atoms with Crippen molar-refractivity contribution in [2.75, 3.05) is 59.5 Å². The fraction of sp³-hybridized carbons (Fsp3) is 0.556. The molecular weight excluding hydrogens is 426 g/mol. The number of carbonyl (C=O) groups excluding carboxylic acids is 1. The Morgan fingerprint density at radius 3 is 2.59 bits per heavy atom. The molecule has 7 heteroatoms. The highest BCUT2D eigenvalue weighted by atomic mass is 16.5. The summed E-state index contributed by atoms with van der Waals surface area (Å²) in [7, 11) is 2.16. The molecule has 2 saturated heterocycles. The number of nitrogens with zero attached hydrogens (tertiary/aromatic N) is 4. The zero-order chi connectivity index (χ0) is 23.5. The lowest BCUT2D eigenvalue weighted by atomic mass is 9.82. The molecule has 1 aromatic heterocycles. The molecule has 3 aliphatic heterocycles. The minimum Gasteiger partial charge on any atom is -0.378 e. The molecule has 3 aliphatic rings. The summed E-state index contributed by atoms with van der Waals surface area (Å²) in [6.07, 6.45) is 5.43. The Bertz CT molecular complexity index is 1010. The summed E-state index contributed by atoms with van der Waals surface area (Å²) in [4.78, 5) is 19.8. The van der Waals surface area contributed by atoms with E-state index in [9.17, 15) is 4.79 Å². The second-order valence-electron chi connectivity index (χ2n) is 9.98. The first kappa shape index (κ1) is 23.1. The number of nitrogens with one attached hydrogen (secondary N) is 1. The van der Waals surface area contributed by atoms with Gasteiger partial charge >= 0.3 is 6.03 Å². The number of amides is 2. The van der Waals surface area contributed by atoms with E-state index >= 15 is 0 Å². The fourth-order valence-corrected chi connectivity index (χ4v) is 5.49. The number of aryl methyl sites for hydroxylation is 1. The Hall–Kier alpha value is -2.64. The highest BCUT2D eigenvalue weighted by molar-refractivity contribution is 5.75. The van der Waals surface area contributed by atoms with Crippen LogP contribution in [0.25, 0.3) is 5.57 Å². The number of likely N-dealkylation sites (tertiary alicyclic amines) is 1.